The fraction of sp³-hybridized carbons (Fsp3) is 0.381. The number of sulfonamides is 1. The predicted molar refractivity (Wildman–Crippen MR) is 108 cm³/mol. The first-order valence-corrected chi connectivity index (χ1v) is 11.3. The molecule has 0 aliphatic carbocycles. The Bertz CT molecular complexity index is 982. The molecule has 1 fully saturated rings. The van der Waals surface area contributed by atoms with Gasteiger partial charge < -0.3 is 9.80 Å². The van der Waals surface area contributed by atoms with Gasteiger partial charge in [-0.3, -0.25) is 9.10 Å². The number of carbonyl (C=O) groups excluding carboxylic acids is 1. The fourth-order valence-electron chi connectivity index (χ4n) is 4.04. The molecule has 148 valence electrons. The number of amides is 1. The van der Waals surface area contributed by atoms with E-state index in [0.29, 0.717) is 31.6 Å². The third kappa shape index (κ3) is 3.40. The van der Waals surface area contributed by atoms with Crippen molar-refractivity contribution >= 4 is 21.6 Å². The Kier molecular flexibility index (Phi) is 5.12. The highest BCUT2D eigenvalue weighted by atomic mass is 32.2. The van der Waals surface area contributed by atoms with Gasteiger partial charge >= 0.3 is 0 Å². The van der Waals surface area contributed by atoms with E-state index >= 15 is 0 Å². The van der Waals surface area contributed by atoms with Crippen LogP contribution in [0.4, 0.5) is 5.69 Å². The van der Waals surface area contributed by atoms with E-state index in [0.717, 1.165) is 30.9 Å². The summed E-state index contributed by atoms with van der Waals surface area (Å²) in [6.07, 6.45) is 0.706. The largest absolute Gasteiger partial charge is 0.332 e. The third-order valence-electron chi connectivity index (χ3n) is 5.77. The maximum absolute atomic E-state index is 13.2. The first kappa shape index (κ1) is 19.0. The van der Waals surface area contributed by atoms with E-state index in [-0.39, 0.29) is 10.8 Å². The molecule has 1 saturated heterocycles. The van der Waals surface area contributed by atoms with Crippen molar-refractivity contribution in [3.63, 3.8) is 0 Å². The van der Waals surface area contributed by atoms with Crippen LogP contribution in [0.2, 0.25) is 0 Å². The zero-order valence-electron chi connectivity index (χ0n) is 16.1. The molecule has 0 spiro atoms. The summed E-state index contributed by atoms with van der Waals surface area (Å²) in [5.74, 6) is -0.0889. The van der Waals surface area contributed by atoms with Gasteiger partial charge in [0.25, 0.3) is 15.9 Å². The summed E-state index contributed by atoms with van der Waals surface area (Å²) >= 11 is 0. The van der Waals surface area contributed by atoms with Crippen LogP contribution >= 0.6 is 0 Å². The van der Waals surface area contributed by atoms with Crippen molar-refractivity contribution in [1.29, 1.82) is 0 Å². The second-order valence-corrected chi connectivity index (χ2v) is 9.24. The van der Waals surface area contributed by atoms with Crippen LogP contribution in [0.5, 0.6) is 0 Å². The molecule has 2 aliphatic heterocycles. The number of nitrogens with zero attached hydrogens (tertiary/aromatic N) is 2. The van der Waals surface area contributed by atoms with Gasteiger partial charge in [0.15, 0.2) is 0 Å². The highest BCUT2D eigenvalue weighted by molar-refractivity contribution is 7.92. The molecular weight excluding hydrogens is 374 g/mol. The number of para-hydroxylation sites is 1. The van der Waals surface area contributed by atoms with Crippen LogP contribution in [0.3, 0.4) is 0 Å². The van der Waals surface area contributed by atoms with Crippen molar-refractivity contribution in [2.45, 2.75) is 18.2 Å². The second kappa shape index (κ2) is 7.56. The first-order valence-electron chi connectivity index (χ1n) is 9.84. The quantitative estimate of drug-likeness (QED) is 0.826. The van der Waals surface area contributed by atoms with Gasteiger partial charge in [-0.2, -0.15) is 0 Å². The number of quaternary nitrogens is 1. The van der Waals surface area contributed by atoms with Crippen LogP contribution in [-0.4, -0.2) is 58.5 Å². The minimum Gasteiger partial charge on any atom is -0.332 e. The van der Waals surface area contributed by atoms with Crippen LogP contribution < -0.4 is 9.21 Å². The van der Waals surface area contributed by atoms with Gasteiger partial charge in [-0.1, -0.05) is 24.3 Å². The standard InChI is InChI=1S/C21H25N3O3S/c1-2-22-12-14-23(15-13-22)21(25)18-7-5-8-19(16-18)28(26,27)24-11-10-17-6-3-4-9-20(17)24/h3-9,16H,2,10-15H2,1H3/p+1. The second-order valence-electron chi connectivity index (χ2n) is 7.38. The Labute approximate surface area is 166 Å². The average molecular weight is 401 g/mol. The van der Waals surface area contributed by atoms with E-state index in [9.17, 15) is 13.2 Å². The molecule has 2 aromatic rings. The molecule has 7 heteroatoms. The monoisotopic (exact) mass is 400 g/mol. The van der Waals surface area contributed by atoms with E-state index in [1.807, 2.05) is 29.2 Å². The number of piperazine rings is 1. The van der Waals surface area contributed by atoms with Crippen molar-refractivity contribution in [2.75, 3.05) is 43.6 Å². The number of hydrogen-bond acceptors (Lipinski definition) is 3. The van der Waals surface area contributed by atoms with Crippen LogP contribution in [0.15, 0.2) is 53.4 Å². The molecule has 0 atom stereocenters. The first-order chi connectivity index (χ1) is 13.5. The number of carbonyl (C=O) groups is 1. The van der Waals surface area contributed by atoms with Gasteiger partial charge in [-0.15, -0.1) is 0 Å². The molecule has 4 rings (SSSR count). The highest BCUT2D eigenvalue weighted by Gasteiger charge is 2.31. The molecule has 1 amide bonds. The molecule has 28 heavy (non-hydrogen) atoms. The Morgan fingerprint density at radius 1 is 1.04 bits per heavy atom. The van der Waals surface area contributed by atoms with Crippen molar-refractivity contribution in [3.05, 3.63) is 59.7 Å². The van der Waals surface area contributed by atoms with Crippen LogP contribution in [0, 0.1) is 0 Å². The fourth-order valence-corrected chi connectivity index (χ4v) is 5.59. The van der Waals surface area contributed by atoms with Gasteiger partial charge in [0.05, 0.1) is 43.3 Å². The Morgan fingerprint density at radius 2 is 1.79 bits per heavy atom. The number of anilines is 1. The van der Waals surface area contributed by atoms with Crippen LogP contribution in [0.1, 0.15) is 22.8 Å². The van der Waals surface area contributed by atoms with Gasteiger partial charge in [-0.05, 0) is 43.2 Å². The number of nitrogens with one attached hydrogen (secondary N) is 1. The maximum atomic E-state index is 13.2. The predicted octanol–water partition coefficient (Wildman–Crippen LogP) is 0.799. The maximum Gasteiger partial charge on any atom is 0.264 e. The lowest BCUT2D eigenvalue weighted by Gasteiger charge is -2.31. The molecule has 0 unspecified atom stereocenters. The summed E-state index contributed by atoms with van der Waals surface area (Å²) in [4.78, 5) is 16.4. The van der Waals surface area contributed by atoms with E-state index in [1.165, 1.54) is 15.3 Å². The van der Waals surface area contributed by atoms with E-state index in [2.05, 4.69) is 6.92 Å². The van der Waals surface area contributed by atoms with E-state index in [4.69, 9.17) is 0 Å². The Hall–Kier alpha value is -2.38. The van der Waals surface area contributed by atoms with Crippen LogP contribution in [-0.2, 0) is 16.4 Å². The lowest BCUT2D eigenvalue weighted by molar-refractivity contribution is -0.902. The minimum atomic E-state index is -3.69. The smallest absolute Gasteiger partial charge is 0.264 e. The van der Waals surface area contributed by atoms with E-state index < -0.39 is 10.0 Å². The molecule has 2 heterocycles. The minimum absolute atomic E-state index is 0.0889. The SMILES string of the molecule is CC[NH+]1CCN(C(=O)c2cccc(S(=O)(=O)N3CCc4ccccc43)c2)CC1. The normalized spacial score (nSPS) is 17.6. The van der Waals surface area contributed by atoms with Gasteiger partial charge in [0.2, 0.25) is 0 Å². The van der Waals surface area contributed by atoms with E-state index in [1.54, 1.807) is 18.2 Å². The van der Waals surface area contributed by atoms with Crippen LogP contribution in [0.25, 0.3) is 0 Å². The lowest BCUT2D eigenvalue weighted by Crippen LogP contribution is -3.14. The van der Waals surface area contributed by atoms with Crippen molar-refractivity contribution in [3.8, 4) is 0 Å². The molecule has 0 saturated carbocycles. The average Bonchev–Trinajstić information content (AvgIpc) is 3.18. The van der Waals surface area contributed by atoms with Gasteiger partial charge in [0, 0.05) is 12.1 Å². The summed E-state index contributed by atoms with van der Waals surface area (Å²) < 4.78 is 27.9. The summed E-state index contributed by atoms with van der Waals surface area (Å²) in [5.41, 5.74) is 2.21. The summed E-state index contributed by atoms with van der Waals surface area (Å²) in [7, 11) is -3.69. The molecule has 2 aromatic carbocycles. The molecular formula is C21H26N3O3S+. The molecule has 0 radical (unpaired) electrons. The molecule has 6 nitrogen and oxygen atoms in total. The molecule has 0 aromatic heterocycles. The lowest BCUT2D eigenvalue weighted by atomic mass is 10.2. The molecule has 0 bridgehead atoms. The zero-order valence-corrected chi connectivity index (χ0v) is 16.9. The number of fused-ring (bicyclic) bond motifs is 1. The number of benzene rings is 2. The van der Waals surface area contributed by atoms with Crippen molar-refractivity contribution in [1.82, 2.24) is 4.90 Å². The summed E-state index contributed by atoms with van der Waals surface area (Å²) in [6.45, 7) is 6.93. The van der Waals surface area contributed by atoms with Crippen molar-refractivity contribution < 1.29 is 18.1 Å². The molecule has 2 aliphatic rings. The van der Waals surface area contributed by atoms with Crippen molar-refractivity contribution in [2.24, 2.45) is 0 Å². The topological polar surface area (TPSA) is 62.1 Å². The Morgan fingerprint density at radius 3 is 2.54 bits per heavy atom. The van der Waals surface area contributed by atoms with Gasteiger partial charge in [-0.25, -0.2) is 8.42 Å². The third-order valence-corrected chi connectivity index (χ3v) is 7.58. The number of hydrogen-bond donors (Lipinski definition) is 1. The zero-order chi connectivity index (χ0) is 19.7. The highest BCUT2D eigenvalue weighted by Crippen LogP contribution is 2.32. The summed E-state index contributed by atoms with van der Waals surface area (Å²) in [5, 5.41) is 0. The number of likely N-dealkylation sites (N-methyl/N-ethyl adjacent to an activating group) is 1. The summed E-state index contributed by atoms with van der Waals surface area (Å²) in [6, 6.07) is 14.0. The Balaban J connectivity index is 1.58. The van der Waals surface area contributed by atoms with Gasteiger partial charge in [0.1, 0.15) is 0 Å². The molecule has 1 N–H and O–H groups in total. The number of rotatable bonds is 4.